The summed E-state index contributed by atoms with van der Waals surface area (Å²) in [5.74, 6) is 1.89. The maximum atomic E-state index is 5.95. The van der Waals surface area contributed by atoms with Crippen LogP contribution >= 0.6 is 0 Å². The average molecular weight is 208 g/mol. The second-order valence-corrected chi connectivity index (χ2v) is 4.70. The Morgan fingerprint density at radius 2 is 2.27 bits per heavy atom. The third-order valence-electron chi connectivity index (χ3n) is 3.04. The second kappa shape index (κ2) is 3.76. The molecule has 1 atom stereocenters. The van der Waals surface area contributed by atoms with E-state index in [0.717, 1.165) is 23.1 Å². The summed E-state index contributed by atoms with van der Waals surface area (Å²) in [7, 11) is 1.93. The van der Waals surface area contributed by atoms with Crippen molar-refractivity contribution < 1.29 is 0 Å². The van der Waals surface area contributed by atoms with Crippen LogP contribution in [0, 0.1) is 12.8 Å². The van der Waals surface area contributed by atoms with E-state index in [9.17, 15) is 0 Å². The summed E-state index contributed by atoms with van der Waals surface area (Å²) in [4.78, 5) is 0. The van der Waals surface area contributed by atoms with Crippen LogP contribution in [-0.2, 0) is 7.05 Å². The van der Waals surface area contributed by atoms with Gasteiger partial charge >= 0.3 is 0 Å². The zero-order valence-corrected chi connectivity index (χ0v) is 9.75. The summed E-state index contributed by atoms with van der Waals surface area (Å²) in [6.45, 7) is 4.15. The lowest BCUT2D eigenvalue weighted by molar-refractivity contribution is 0.631. The normalized spacial score (nSPS) is 17.8. The fourth-order valence-corrected chi connectivity index (χ4v) is 1.99. The SMILES string of the molecule is Cc1nn(C)c(NC(C)CC2CC2)c1N. The van der Waals surface area contributed by atoms with Gasteiger partial charge in [0.2, 0.25) is 0 Å². The first-order valence-corrected chi connectivity index (χ1v) is 5.63. The Morgan fingerprint density at radius 3 is 2.73 bits per heavy atom. The Labute approximate surface area is 90.8 Å². The van der Waals surface area contributed by atoms with Gasteiger partial charge in [-0.3, -0.25) is 4.68 Å². The monoisotopic (exact) mass is 208 g/mol. The van der Waals surface area contributed by atoms with Gasteiger partial charge < -0.3 is 11.1 Å². The van der Waals surface area contributed by atoms with Crippen LogP contribution in [0.1, 0.15) is 31.9 Å². The van der Waals surface area contributed by atoms with Crippen LogP contribution in [0.15, 0.2) is 0 Å². The zero-order valence-electron chi connectivity index (χ0n) is 9.75. The lowest BCUT2D eigenvalue weighted by Gasteiger charge is -2.15. The molecule has 1 aromatic heterocycles. The Hall–Kier alpha value is -1.19. The van der Waals surface area contributed by atoms with Gasteiger partial charge in [-0.05, 0) is 26.2 Å². The number of nitrogens with zero attached hydrogens (tertiary/aromatic N) is 2. The topological polar surface area (TPSA) is 55.9 Å². The molecule has 0 aliphatic heterocycles. The summed E-state index contributed by atoms with van der Waals surface area (Å²) >= 11 is 0. The van der Waals surface area contributed by atoms with Crippen LogP contribution in [0.25, 0.3) is 0 Å². The van der Waals surface area contributed by atoms with Crippen molar-refractivity contribution in [1.82, 2.24) is 9.78 Å². The van der Waals surface area contributed by atoms with Gasteiger partial charge in [0.05, 0.1) is 11.4 Å². The number of nitrogens with two attached hydrogens (primary N) is 1. The van der Waals surface area contributed by atoms with E-state index in [0.29, 0.717) is 6.04 Å². The summed E-state index contributed by atoms with van der Waals surface area (Å²) in [6.07, 6.45) is 4.03. The highest BCUT2D eigenvalue weighted by molar-refractivity contribution is 5.64. The van der Waals surface area contributed by atoms with E-state index < -0.39 is 0 Å². The van der Waals surface area contributed by atoms with E-state index in [4.69, 9.17) is 5.73 Å². The van der Waals surface area contributed by atoms with Gasteiger partial charge in [0.25, 0.3) is 0 Å². The highest BCUT2D eigenvalue weighted by Crippen LogP contribution is 2.34. The first-order valence-electron chi connectivity index (χ1n) is 5.63. The van der Waals surface area contributed by atoms with Crippen LogP contribution in [0.2, 0.25) is 0 Å². The van der Waals surface area contributed by atoms with Crippen molar-refractivity contribution in [2.24, 2.45) is 13.0 Å². The molecule has 0 aromatic carbocycles. The number of rotatable bonds is 4. The number of hydrogen-bond donors (Lipinski definition) is 2. The molecular weight excluding hydrogens is 188 g/mol. The van der Waals surface area contributed by atoms with Gasteiger partial charge in [0.15, 0.2) is 0 Å². The van der Waals surface area contributed by atoms with Gasteiger partial charge in [0.1, 0.15) is 5.82 Å². The molecule has 1 aromatic rings. The first kappa shape index (κ1) is 10.3. The molecule has 0 bridgehead atoms. The molecule has 1 aliphatic rings. The van der Waals surface area contributed by atoms with Crippen molar-refractivity contribution >= 4 is 11.5 Å². The number of aromatic nitrogens is 2. The van der Waals surface area contributed by atoms with Gasteiger partial charge in [0, 0.05) is 13.1 Å². The molecular formula is C11H20N4. The van der Waals surface area contributed by atoms with Crippen molar-refractivity contribution in [2.75, 3.05) is 11.1 Å². The number of hydrogen-bond acceptors (Lipinski definition) is 3. The molecule has 4 nitrogen and oxygen atoms in total. The maximum Gasteiger partial charge on any atom is 0.147 e. The second-order valence-electron chi connectivity index (χ2n) is 4.70. The van der Waals surface area contributed by atoms with Crippen molar-refractivity contribution in [3.63, 3.8) is 0 Å². The fourth-order valence-electron chi connectivity index (χ4n) is 1.99. The van der Waals surface area contributed by atoms with Crippen LogP contribution in [0.4, 0.5) is 11.5 Å². The smallest absolute Gasteiger partial charge is 0.147 e. The van der Waals surface area contributed by atoms with E-state index >= 15 is 0 Å². The van der Waals surface area contributed by atoms with E-state index in [2.05, 4.69) is 17.3 Å². The quantitative estimate of drug-likeness (QED) is 0.794. The predicted molar refractivity (Wildman–Crippen MR) is 62.8 cm³/mol. The Balaban J connectivity index is 2.01. The van der Waals surface area contributed by atoms with Crippen molar-refractivity contribution in [2.45, 2.75) is 39.2 Å². The minimum Gasteiger partial charge on any atom is -0.394 e. The summed E-state index contributed by atoms with van der Waals surface area (Å²) in [6, 6.07) is 0.481. The largest absolute Gasteiger partial charge is 0.394 e. The van der Waals surface area contributed by atoms with Crippen LogP contribution in [0.5, 0.6) is 0 Å². The molecule has 1 aliphatic carbocycles. The van der Waals surface area contributed by atoms with Gasteiger partial charge in [-0.15, -0.1) is 0 Å². The fraction of sp³-hybridized carbons (Fsp3) is 0.727. The van der Waals surface area contributed by atoms with Crippen LogP contribution < -0.4 is 11.1 Å². The summed E-state index contributed by atoms with van der Waals surface area (Å²) in [5, 5.41) is 7.73. The number of anilines is 2. The Bertz CT molecular complexity index is 352. The first-order chi connectivity index (χ1) is 7.08. The van der Waals surface area contributed by atoms with Gasteiger partial charge in [-0.2, -0.15) is 5.10 Å². The third-order valence-corrected chi connectivity index (χ3v) is 3.04. The zero-order chi connectivity index (χ0) is 11.0. The standard InChI is InChI=1S/C11H20N4/c1-7(6-9-4-5-9)13-11-10(12)8(2)14-15(11)3/h7,9,13H,4-6,12H2,1-3H3. The minimum absolute atomic E-state index is 0.481. The van der Waals surface area contributed by atoms with Crippen LogP contribution in [0.3, 0.4) is 0 Å². The highest BCUT2D eigenvalue weighted by Gasteiger charge is 2.24. The van der Waals surface area contributed by atoms with E-state index in [-0.39, 0.29) is 0 Å². The maximum absolute atomic E-state index is 5.95. The third kappa shape index (κ3) is 2.25. The molecule has 1 unspecified atom stereocenters. The highest BCUT2D eigenvalue weighted by atomic mass is 15.3. The number of nitrogens with one attached hydrogen (secondary N) is 1. The molecule has 4 heteroatoms. The Kier molecular flexibility index (Phi) is 2.59. The molecule has 0 radical (unpaired) electrons. The molecule has 0 spiro atoms. The molecule has 1 heterocycles. The van der Waals surface area contributed by atoms with E-state index in [1.54, 1.807) is 0 Å². The molecule has 15 heavy (non-hydrogen) atoms. The van der Waals surface area contributed by atoms with E-state index in [1.807, 2.05) is 18.7 Å². The predicted octanol–water partition coefficient (Wildman–Crippen LogP) is 1.91. The molecule has 3 N–H and O–H groups in total. The van der Waals surface area contributed by atoms with Crippen molar-refractivity contribution in [3.8, 4) is 0 Å². The van der Waals surface area contributed by atoms with Gasteiger partial charge in [-0.25, -0.2) is 0 Å². The van der Waals surface area contributed by atoms with Crippen LogP contribution in [-0.4, -0.2) is 15.8 Å². The Morgan fingerprint density at radius 1 is 1.60 bits per heavy atom. The van der Waals surface area contributed by atoms with Crippen molar-refractivity contribution in [3.05, 3.63) is 5.69 Å². The van der Waals surface area contributed by atoms with Gasteiger partial charge in [-0.1, -0.05) is 12.8 Å². The number of nitrogen functional groups attached to an aromatic ring is 1. The lowest BCUT2D eigenvalue weighted by Crippen LogP contribution is -2.18. The molecule has 1 saturated carbocycles. The summed E-state index contributed by atoms with van der Waals surface area (Å²) in [5.41, 5.74) is 7.63. The van der Waals surface area contributed by atoms with E-state index in [1.165, 1.54) is 19.3 Å². The minimum atomic E-state index is 0.481. The summed E-state index contributed by atoms with van der Waals surface area (Å²) < 4.78 is 1.83. The molecule has 0 saturated heterocycles. The lowest BCUT2D eigenvalue weighted by atomic mass is 10.1. The average Bonchev–Trinajstić information content (AvgIpc) is 2.92. The molecule has 0 amide bonds. The van der Waals surface area contributed by atoms with Crippen molar-refractivity contribution in [1.29, 1.82) is 0 Å². The molecule has 84 valence electrons. The molecule has 2 rings (SSSR count). The molecule has 1 fully saturated rings. The number of aryl methyl sites for hydroxylation is 2.